The van der Waals surface area contributed by atoms with Crippen molar-refractivity contribution in [2.24, 2.45) is 0 Å². The van der Waals surface area contributed by atoms with Gasteiger partial charge in [0.1, 0.15) is 0 Å². The van der Waals surface area contributed by atoms with Crippen LogP contribution >= 0.6 is 39.1 Å². The van der Waals surface area contributed by atoms with E-state index < -0.39 is 10.0 Å². The Morgan fingerprint density at radius 2 is 1.80 bits per heavy atom. The summed E-state index contributed by atoms with van der Waals surface area (Å²) >= 11 is 15.0. The van der Waals surface area contributed by atoms with E-state index in [1.807, 2.05) is 0 Å². The first-order valence-electron chi connectivity index (χ1n) is 5.54. The van der Waals surface area contributed by atoms with E-state index in [9.17, 15) is 8.42 Å². The number of rotatable bonds is 3. The number of hydrogen-bond donors (Lipinski definition) is 1. The van der Waals surface area contributed by atoms with Gasteiger partial charge >= 0.3 is 0 Å². The van der Waals surface area contributed by atoms with Crippen molar-refractivity contribution in [3.05, 3.63) is 56.5 Å². The summed E-state index contributed by atoms with van der Waals surface area (Å²) in [6, 6.07) is 9.45. The summed E-state index contributed by atoms with van der Waals surface area (Å²) < 4.78 is 27.7. The van der Waals surface area contributed by atoms with Crippen LogP contribution in [-0.2, 0) is 10.0 Å². The van der Waals surface area contributed by atoms with Gasteiger partial charge < -0.3 is 0 Å². The average Bonchev–Trinajstić information content (AvgIpc) is 2.38. The molecule has 0 saturated heterocycles. The van der Waals surface area contributed by atoms with E-state index >= 15 is 0 Å². The zero-order valence-corrected chi connectivity index (χ0v) is 14.2. The Balaban J connectivity index is 2.41. The SMILES string of the molecule is Cc1c(Cl)cccc1NS(=O)(=O)c1ccc(Cl)c(Br)c1. The number of nitrogens with one attached hydrogen (secondary N) is 1. The van der Waals surface area contributed by atoms with E-state index in [1.54, 1.807) is 25.1 Å². The van der Waals surface area contributed by atoms with Crippen LogP contribution in [0.4, 0.5) is 5.69 Å². The number of halogens is 3. The molecule has 0 fully saturated rings. The maximum absolute atomic E-state index is 12.3. The second kappa shape index (κ2) is 5.93. The van der Waals surface area contributed by atoms with E-state index in [4.69, 9.17) is 23.2 Å². The average molecular weight is 395 g/mol. The largest absolute Gasteiger partial charge is 0.279 e. The van der Waals surface area contributed by atoms with E-state index in [0.29, 0.717) is 25.8 Å². The Hall–Kier alpha value is -0.750. The van der Waals surface area contributed by atoms with Crippen molar-refractivity contribution in [3.63, 3.8) is 0 Å². The first-order chi connectivity index (χ1) is 9.31. The third kappa shape index (κ3) is 3.28. The molecular formula is C13H10BrCl2NO2S. The Labute approximate surface area is 136 Å². The molecule has 0 aliphatic rings. The first-order valence-corrected chi connectivity index (χ1v) is 8.57. The Kier molecular flexibility index (Phi) is 4.64. The second-order valence-electron chi connectivity index (χ2n) is 4.09. The molecule has 0 atom stereocenters. The van der Waals surface area contributed by atoms with Crippen molar-refractivity contribution in [3.8, 4) is 0 Å². The minimum atomic E-state index is -3.69. The molecule has 0 amide bonds. The molecule has 2 aromatic carbocycles. The number of benzene rings is 2. The monoisotopic (exact) mass is 393 g/mol. The summed E-state index contributed by atoms with van der Waals surface area (Å²) in [5, 5.41) is 0.949. The van der Waals surface area contributed by atoms with Gasteiger partial charge in [-0.05, 0) is 58.7 Å². The van der Waals surface area contributed by atoms with Gasteiger partial charge in [0, 0.05) is 9.50 Å². The van der Waals surface area contributed by atoms with Gasteiger partial charge in [-0.3, -0.25) is 4.72 Å². The van der Waals surface area contributed by atoms with E-state index in [1.165, 1.54) is 18.2 Å². The van der Waals surface area contributed by atoms with Gasteiger partial charge in [0.25, 0.3) is 10.0 Å². The van der Waals surface area contributed by atoms with Crippen molar-refractivity contribution < 1.29 is 8.42 Å². The van der Waals surface area contributed by atoms with Crippen LogP contribution in [0.15, 0.2) is 45.8 Å². The number of sulfonamides is 1. The highest BCUT2D eigenvalue weighted by Crippen LogP contribution is 2.28. The minimum absolute atomic E-state index is 0.119. The summed E-state index contributed by atoms with van der Waals surface area (Å²) in [6.07, 6.45) is 0. The normalized spacial score (nSPS) is 11.4. The molecule has 0 unspecified atom stereocenters. The molecular weight excluding hydrogens is 385 g/mol. The number of hydrogen-bond acceptors (Lipinski definition) is 2. The lowest BCUT2D eigenvalue weighted by molar-refractivity contribution is 0.601. The highest BCUT2D eigenvalue weighted by molar-refractivity contribution is 9.10. The molecule has 2 aromatic rings. The predicted octanol–water partition coefficient (Wildman–Crippen LogP) is 4.87. The molecule has 0 spiro atoms. The van der Waals surface area contributed by atoms with E-state index in [2.05, 4.69) is 20.7 Å². The van der Waals surface area contributed by atoms with Crippen LogP contribution in [0.25, 0.3) is 0 Å². The summed E-state index contributed by atoms with van der Waals surface area (Å²) in [5.41, 5.74) is 1.12. The fraction of sp³-hybridized carbons (Fsp3) is 0.0769. The third-order valence-corrected chi connectivity index (χ3v) is 5.70. The molecule has 0 bridgehead atoms. The van der Waals surface area contributed by atoms with Gasteiger partial charge in [-0.25, -0.2) is 8.42 Å². The minimum Gasteiger partial charge on any atom is -0.279 e. The van der Waals surface area contributed by atoms with Crippen LogP contribution in [-0.4, -0.2) is 8.42 Å². The molecule has 3 nitrogen and oxygen atoms in total. The molecule has 20 heavy (non-hydrogen) atoms. The summed E-state index contributed by atoms with van der Waals surface area (Å²) in [5.74, 6) is 0. The molecule has 106 valence electrons. The topological polar surface area (TPSA) is 46.2 Å². The van der Waals surface area contributed by atoms with E-state index in [-0.39, 0.29) is 4.90 Å². The van der Waals surface area contributed by atoms with Crippen molar-refractivity contribution in [2.75, 3.05) is 4.72 Å². The van der Waals surface area contributed by atoms with Gasteiger partial charge in [0.2, 0.25) is 0 Å². The van der Waals surface area contributed by atoms with Crippen LogP contribution in [0.2, 0.25) is 10.0 Å². The number of anilines is 1. The lowest BCUT2D eigenvalue weighted by atomic mass is 10.2. The van der Waals surface area contributed by atoms with Gasteiger partial charge in [-0.1, -0.05) is 29.3 Å². The first kappa shape index (κ1) is 15.6. The lowest BCUT2D eigenvalue weighted by Crippen LogP contribution is -2.13. The molecule has 0 aliphatic carbocycles. The molecule has 7 heteroatoms. The second-order valence-corrected chi connectivity index (χ2v) is 7.44. The predicted molar refractivity (Wildman–Crippen MR) is 86.1 cm³/mol. The zero-order chi connectivity index (χ0) is 14.9. The summed E-state index contributed by atoms with van der Waals surface area (Å²) in [4.78, 5) is 0.119. The molecule has 2 rings (SSSR count). The van der Waals surface area contributed by atoms with Crippen molar-refractivity contribution >= 4 is 54.8 Å². The molecule has 0 radical (unpaired) electrons. The molecule has 0 aliphatic heterocycles. The molecule has 0 aromatic heterocycles. The highest BCUT2D eigenvalue weighted by Gasteiger charge is 2.17. The van der Waals surface area contributed by atoms with Crippen LogP contribution in [0.5, 0.6) is 0 Å². The van der Waals surface area contributed by atoms with Crippen molar-refractivity contribution in [1.82, 2.24) is 0 Å². The maximum atomic E-state index is 12.3. The summed E-state index contributed by atoms with van der Waals surface area (Å²) in [6.45, 7) is 1.75. The quantitative estimate of drug-likeness (QED) is 0.807. The van der Waals surface area contributed by atoms with Gasteiger partial charge in [0.05, 0.1) is 15.6 Å². The third-order valence-electron chi connectivity index (χ3n) is 2.71. The Morgan fingerprint density at radius 3 is 2.45 bits per heavy atom. The van der Waals surface area contributed by atoms with Crippen molar-refractivity contribution in [1.29, 1.82) is 0 Å². The van der Waals surface area contributed by atoms with Crippen LogP contribution in [0.1, 0.15) is 5.56 Å². The summed E-state index contributed by atoms with van der Waals surface area (Å²) in [7, 11) is -3.69. The van der Waals surface area contributed by atoms with Gasteiger partial charge in [-0.15, -0.1) is 0 Å². The lowest BCUT2D eigenvalue weighted by Gasteiger charge is -2.12. The smallest absolute Gasteiger partial charge is 0.261 e. The van der Waals surface area contributed by atoms with Gasteiger partial charge in [-0.2, -0.15) is 0 Å². The van der Waals surface area contributed by atoms with Crippen LogP contribution in [0.3, 0.4) is 0 Å². The fourth-order valence-electron chi connectivity index (χ4n) is 1.57. The molecule has 1 N–H and O–H groups in total. The van der Waals surface area contributed by atoms with Gasteiger partial charge in [0.15, 0.2) is 0 Å². The Bertz CT molecular complexity index is 763. The van der Waals surface area contributed by atoms with E-state index in [0.717, 1.165) is 0 Å². The highest BCUT2D eigenvalue weighted by atomic mass is 79.9. The molecule has 0 heterocycles. The molecule has 0 saturated carbocycles. The maximum Gasteiger partial charge on any atom is 0.261 e. The fourth-order valence-corrected chi connectivity index (χ4v) is 3.54. The standard InChI is InChI=1S/C13H10BrCl2NO2S/c1-8-11(15)3-2-4-13(8)17-20(18,19)9-5-6-12(16)10(14)7-9/h2-7,17H,1H3. The zero-order valence-electron chi connectivity index (χ0n) is 10.3. The van der Waals surface area contributed by atoms with Crippen LogP contribution in [0, 0.1) is 6.92 Å². The van der Waals surface area contributed by atoms with Crippen molar-refractivity contribution in [2.45, 2.75) is 11.8 Å². The Morgan fingerprint density at radius 1 is 1.10 bits per heavy atom. The van der Waals surface area contributed by atoms with Crippen LogP contribution < -0.4 is 4.72 Å².